The van der Waals surface area contributed by atoms with Crippen molar-refractivity contribution in [2.45, 2.75) is 48.4 Å². The number of benzene rings is 1. The topological polar surface area (TPSA) is 80.4 Å². The van der Waals surface area contributed by atoms with E-state index in [0.717, 1.165) is 23.7 Å². The first kappa shape index (κ1) is 17.7. The monoisotopic (exact) mass is 389 g/mol. The van der Waals surface area contributed by atoms with Gasteiger partial charge in [-0.15, -0.1) is 0 Å². The Bertz CT molecular complexity index is 652. The Morgan fingerprint density at radius 1 is 1.41 bits per heavy atom. The van der Waals surface area contributed by atoms with Gasteiger partial charge in [0.15, 0.2) is 0 Å². The first-order valence-electron chi connectivity index (χ1n) is 7.27. The molecule has 0 amide bonds. The van der Waals surface area contributed by atoms with E-state index in [-0.39, 0.29) is 24.7 Å². The Labute approximate surface area is 139 Å². The molecule has 0 aliphatic heterocycles. The molecule has 2 rings (SSSR count). The summed E-state index contributed by atoms with van der Waals surface area (Å²) in [4.78, 5) is 0.332. The number of sulfonamides is 1. The number of aliphatic hydroxyl groups is 1. The quantitative estimate of drug-likeness (QED) is 0.607. The van der Waals surface area contributed by atoms with Crippen molar-refractivity contribution < 1.29 is 13.5 Å². The zero-order valence-electron chi connectivity index (χ0n) is 13.0. The molecule has 1 aliphatic rings. The van der Waals surface area contributed by atoms with Gasteiger partial charge in [0, 0.05) is 0 Å². The van der Waals surface area contributed by atoms with Crippen LogP contribution in [0.25, 0.3) is 0 Å². The van der Waals surface area contributed by atoms with Crippen LogP contribution in [0.3, 0.4) is 0 Å². The molecule has 1 aromatic carbocycles. The molecule has 0 spiro atoms. The molecular formula is C16H23NO3SSe. The van der Waals surface area contributed by atoms with Crippen molar-refractivity contribution in [3.63, 3.8) is 0 Å². The van der Waals surface area contributed by atoms with Gasteiger partial charge < -0.3 is 0 Å². The van der Waals surface area contributed by atoms with E-state index < -0.39 is 15.6 Å². The molecule has 3 N–H and O–H groups in total. The number of allylic oxidation sites excluding steroid dienone is 1. The van der Waals surface area contributed by atoms with Gasteiger partial charge in [-0.1, -0.05) is 0 Å². The zero-order chi connectivity index (χ0) is 16.5. The molecule has 1 saturated carbocycles. The molecule has 0 radical (unpaired) electrons. The van der Waals surface area contributed by atoms with E-state index in [1.807, 2.05) is 6.92 Å². The van der Waals surface area contributed by atoms with Crippen LogP contribution in [0.5, 0.6) is 0 Å². The fraction of sp³-hybridized carbons (Fsp3) is 0.500. The third kappa shape index (κ3) is 4.21. The molecule has 1 aromatic rings. The second-order valence-corrected chi connectivity index (χ2v) is 10.5. The van der Waals surface area contributed by atoms with Crippen molar-refractivity contribution in [2.75, 3.05) is 0 Å². The molecule has 1 fully saturated rings. The summed E-state index contributed by atoms with van der Waals surface area (Å²) in [5, 5.41) is 15.8. The maximum absolute atomic E-state index is 11.3. The van der Waals surface area contributed by atoms with Crippen LogP contribution in [0, 0.1) is 5.92 Å². The molecule has 0 saturated heterocycles. The molecule has 0 heterocycles. The summed E-state index contributed by atoms with van der Waals surface area (Å²) in [5.74, 6) is 0.468. The molecule has 122 valence electrons. The van der Waals surface area contributed by atoms with Crippen LogP contribution in [-0.4, -0.2) is 34.1 Å². The number of nitrogens with two attached hydrogens (primary N) is 1. The molecule has 3 atom stereocenters. The van der Waals surface area contributed by atoms with E-state index in [1.54, 1.807) is 24.3 Å². The minimum atomic E-state index is -3.65. The number of primary sulfonamides is 1. The second kappa shape index (κ2) is 6.46. The van der Waals surface area contributed by atoms with Crippen molar-refractivity contribution in [2.24, 2.45) is 11.1 Å². The van der Waals surface area contributed by atoms with Crippen LogP contribution in [0.4, 0.5) is 0 Å². The SMILES string of the molecule is C=C(C)[C@@H]1CCC(C)(O)C([Se]c2ccc(S(N)(=O)=O)cc2)C1. The van der Waals surface area contributed by atoms with Gasteiger partial charge in [0.25, 0.3) is 0 Å². The van der Waals surface area contributed by atoms with Crippen LogP contribution < -0.4 is 9.60 Å². The average Bonchev–Trinajstić information content (AvgIpc) is 2.40. The van der Waals surface area contributed by atoms with Crippen LogP contribution in [0.15, 0.2) is 41.3 Å². The Kier molecular flexibility index (Phi) is 5.20. The van der Waals surface area contributed by atoms with Gasteiger partial charge in [0.05, 0.1) is 0 Å². The zero-order valence-corrected chi connectivity index (χ0v) is 15.5. The van der Waals surface area contributed by atoms with Crippen LogP contribution >= 0.6 is 0 Å². The number of rotatable bonds is 4. The van der Waals surface area contributed by atoms with Crippen LogP contribution in [-0.2, 0) is 10.0 Å². The molecule has 22 heavy (non-hydrogen) atoms. The third-order valence-corrected chi connectivity index (χ3v) is 8.46. The van der Waals surface area contributed by atoms with Gasteiger partial charge in [-0.05, 0) is 0 Å². The predicted molar refractivity (Wildman–Crippen MR) is 89.7 cm³/mol. The number of hydrogen-bond donors (Lipinski definition) is 2. The normalized spacial score (nSPS) is 29.3. The molecule has 2 unspecified atom stereocenters. The Morgan fingerprint density at radius 2 is 2.00 bits per heavy atom. The van der Waals surface area contributed by atoms with Crippen molar-refractivity contribution in [1.82, 2.24) is 0 Å². The van der Waals surface area contributed by atoms with E-state index in [9.17, 15) is 13.5 Å². The van der Waals surface area contributed by atoms with E-state index >= 15 is 0 Å². The summed E-state index contributed by atoms with van der Waals surface area (Å²) < 4.78 is 23.7. The molecule has 0 bridgehead atoms. The van der Waals surface area contributed by atoms with Crippen molar-refractivity contribution in [3.05, 3.63) is 36.4 Å². The van der Waals surface area contributed by atoms with E-state index in [0.29, 0.717) is 5.92 Å². The van der Waals surface area contributed by atoms with E-state index in [1.165, 1.54) is 5.57 Å². The van der Waals surface area contributed by atoms with Gasteiger partial charge in [-0.3, -0.25) is 0 Å². The Balaban J connectivity index is 2.15. The van der Waals surface area contributed by atoms with Crippen LogP contribution in [0.1, 0.15) is 33.1 Å². The van der Waals surface area contributed by atoms with E-state index in [4.69, 9.17) is 5.14 Å². The third-order valence-electron chi connectivity index (χ3n) is 4.32. The first-order chi connectivity index (χ1) is 10.1. The van der Waals surface area contributed by atoms with Gasteiger partial charge in [-0.2, -0.15) is 0 Å². The van der Waals surface area contributed by atoms with Crippen molar-refractivity contribution in [3.8, 4) is 0 Å². The molecule has 0 aromatic heterocycles. The van der Waals surface area contributed by atoms with Crippen molar-refractivity contribution >= 4 is 29.4 Å². The Hall–Kier alpha value is -0.651. The Morgan fingerprint density at radius 3 is 2.50 bits per heavy atom. The summed E-state index contributed by atoms with van der Waals surface area (Å²) in [6.07, 6.45) is 2.71. The molecule has 4 nitrogen and oxygen atoms in total. The summed E-state index contributed by atoms with van der Waals surface area (Å²) in [7, 11) is -3.65. The summed E-state index contributed by atoms with van der Waals surface area (Å²) in [6, 6.07) is 6.70. The molecular weight excluding hydrogens is 365 g/mol. The fourth-order valence-corrected chi connectivity index (χ4v) is 6.04. The first-order valence-corrected chi connectivity index (χ1v) is 10.7. The average molecular weight is 388 g/mol. The molecule has 6 heteroatoms. The van der Waals surface area contributed by atoms with Crippen molar-refractivity contribution in [1.29, 1.82) is 0 Å². The second-order valence-electron chi connectivity index (χ2n) is 6.30. The minimum absolute atomic E-state index is 0.0779. The van der Waals surface area contributed by atoms with Gasteiger partial charge in [0.2, 0.25) is 0 Å². The standard InChI is InChI=1S/C16H23NO3SSe/c1-11(2)12-8-9-16(3,18)15(10-12)22-14-6-4-13(5-7-14)21(17,19)20/h4-7,12,15,18H,1,8-10H2,2-3H3,(H2,17,19,20)/t12-,15?,16?/m1/s1. The predicted octanol–water partition coefficient (Wildman–Crippen LogP) is 1.58. The fourth-order valence-electron chi connectivity index (χ4n) is 2.75. The summed E-state index contributed by atoms with van der Waals surface area (Å²) in [6.45, 7) is 8.01. The summed E-state index contributed by atoms with van der Waals surface area (Å²) >= 11 is 0.0779. The van der Waals surface area contributed by atoms with Gasteiger partial charge in [0.1, 0.15) is 0 Å². The van der Waals surface area contributed by atoms with E-state index in [2.05, 4.69) is 13.5 Å². The van der Waals surface area contributed by atoms with Gasteiger partial charge in [-0.25, -0.2) is 0 Å². The maximum atomic E-state index is 11.3. The van der Waals surface area contributed by atoms with Crippen LogP contribution in [0.2, 0.25) is 4.82 Å². The number of hydrogen-bond acceptors (Lipinski definition) is 3. The molecule has 1 aliphatic carbocycles. The van der Waals surface area contributed by atoms with Gasteiger partial charge >= 0.3 is 139 Å². The summed E-state index contributed by atoms with van der Waals surface area (Å²) in [5.41, 5.74) is 0.519.